The number of imidazole rings is 1. The fourth-order valence-corrected chi connectivity index (χ4v) is 5.01. The van der Waals surface area contributed by atoms with Gasteiger partial charge in [0.05, 0.1) is 28.3 Å². The standard InChI is InChI=1S/C27H22FN9/c28-22-21-20(14-32-23(22)17-11-16(12-29-13-17)15-37-9-3-4-10-37)35-36-25(21)27-33-24-18(6-8-31-26(24)34-27)19-5-1-2-7-30-19/h1-2,5-8,11-14H,3-4,9-10,15H2,(H,35,36)(H,31,33,34). The number of halogens is 1. The Balaban J connectivity index is 1.32. The maximum absolute atomic E-state index is 16.0. The van der Waals surface area contributed by atoms with Gasteiger partial charge in [-0.1, -0.05) is 6.07 Å². The van der Waals surface area contributed by atoms with Gasteiger partial charge in [-0.2, -0.15) is 5.10 Å². The Labute approximate surface area is 210 Å². The van der Waals surface area contributed by atoms with E-state index in [4.69, 9.17) is 0 Å². The average molecular weight is 492 g/mol. The first kappa shape index (κ1) is 21.7. The zero-order chi connectivity index (χ0) is 24.8. The fraction of sp³-hybridized carbons (Fsp3) is 0.185. The molecule has 0 bridgehead atoms. The lowest BCUT2D eigenvalue weighted by atomic mass is 10.1. The third-order valence-electron chi connectivity index (χ3n) is 6.77. The molecule has 1 aliphatic rings. The fourth-order valence-electron chi connectivity index (χ4n) is 5.01. The van der Waals surface area contributed by atoms with E-state index in [-0.39, 0.29) is 5.69 Å². The zero-order valence-corrected chi connectivity index (χ0v) is 19.8. The van der Waals surface area contributed by atoms with E-state index in [1.165, 1.54) is 12.8 Å². The molecule has 10 heteroatoms. The van der Waals surface area contributed by atoms with E-state index in [1.807, 2.05) is 36.5 Å². The van der Waals surface area contributed by atoms with Crippen LogP contribution >= 0.6 is 0 Å². The lowest BCUT2D eigenvalue weighted by Crippen LogP contribution is -2.18. The minimum atomic E-state index is -0.472. The predicted molar refractivity (Wildman–Crippen MR) is 138 cm³/mol. The van der Waals surface area contributed by atoms with Crippen LogP contribution in [0.2, 0.25) is 0 Å². The number of aromatic nitrogens is 8. The lowest BCUT2D eigenvalue weighted by molar-refractivity contribution is 0.331. The van der Waals surface area contributed by atoms with Gasteiger partial charge in [0.15, 0.2) is 17.3 Å². The van der Waals surface area contributed by atoms with E-state index in [0.717, 1.165) is 36.5 Å². The number of hydrogen-bond acceptors (Lipinski definition) is 7. The summed E-state index contributed by atoms with van der Waals surface area (Å²) < 4.78 is 16.0. The highest BCUT2D eigenvalue weighted by molar-refractivity contribution is 5.96. The molecule has 6 aromatic rings. The molecule has 9 nitrogen and oxygen atoms in total. The zero-order valence-electron chi connectivity index (χ0n) is 19.8. The Morgan fingerprint density at radius 2 is 1.86 bits per heavy atom. The molecule has 0 atom stereocenters. The van der Waals surface area contributed by atoms with Crippen molar-refractivity contribution in [1.29, 1.82) is 0 Å². The van der Waals surface area contributed by atoms with E-state index in [0.29, 0.717) is 39.1 Å². The normalized spacial score (nSPS) is 14.2. The second-order valence-corrected chi connectivity index (χ2v) is 9.20. The number of nitrogens with zero attached hydrogens (tertiary/aromatic N) is 7. The number of hydrogen-bond donors (Lipinski definition) is 2. The molecule has 6 aromatic heterocycles. The Morgan fingerprint density at radius 3 is 2.73 bits per heavy atom. The first-order valence-electron chi connectivity index (χ1n) is 12.2. The van der Waals surface area contributed by atoms with Crippen LogP contribution in [0, 0.1) is 5.82 Å². The van der Waals surface area contributed by atoms with E-state index < -0.39 is 5.82 Å². The third-order valence-corrected chi connectivity index (χ3v) is 6.77. The van der Waals surface area contributed by atoms with Crippen LogP contribution in [-0.4, -0.2) is 58.1 Å². The molecule has 1 saturated heterocycles. The summed E-state index contributed by atoms with van der Waals surface area (Å²) in [7, 11) is 0. The van der Waals surface area contributed by atoms with Crippen molar-refractivity contribution in [1.82, 2.24) is 45.0 Å². The molecule has 0 aromatic carbocycles. The quantitative estimate of drug-likeness (QED) is 0.358. The minimum absolute atomic E-state index is 0.231. The van der Waals surface area contributed by atoms with Gasteiger partial charge in [0, 0.05) is 42.5 Å². The number of rotatable bonds is 5. The van der Waals surface area contributed by atoms with Crippen molar-refractivity contribution < 1.29 is 4.39 Å². The van der Waals surface area contributed by atoms with Crippen molar-refractivity contribution in [3.63, 3.8) is 0 Å². The van der Waals surface area contributed by atoms with Gasteiger partial charge >= 0.3 is 0 Å². The Morgan fingerprint density at radius 1 is 0.946 bits per heavy atom. The Hall–Kier alpha value is -4.57. The average Bonchev–Trinajstić information content (AvgIpc) is 3.69. The van der Waals surface area contributed by atoms with Gasteiger partial charge in [-0.3, -0.25) is 25.0 Å². The molecule has 0 amide bonds. The number of aromatic amines is 2. The van der Waals surface area contributed by atoms with Gasteiger partial charge in [-0.05, 0) is 55.8 Å². The molecule has 37 heavy (non-hydrogen) atoms. The molecule has 182 valence electrons. The van der Waals surface area contributed by atoms with Crippen molar-refractivity contribution >= 4 is 22.1 Å². The van der Waals surface area contributed by atoms with Crippen LogP contribution in [-0.2, 0) is 6.54 Å². The second kappa shape index (κ2) is 8.82. The van der Waals surface area contributed by atoms with Gasteiger partial charge < -0.3 is 4.98 Å². The second-order valence-electron chi connectivity index (χ2n) is 9.20. The van der Waals surface area contributed by atoms with Crippen LogP contribution in [0.3, 0.4) is 0 Å². The highest BCUT2D eigenvalue weighted by Gasteiger charge is 2.22. The molecular weight excluding hydrogens is 469 g/mol. The van der Waals surface area contributed by atoms with Crippen molar-refractivity contribution in [3.8, 4) is 34.0 Å². The molecule has 0 unspecified atom stereocenters. The molecule has 1 fully saturated rings. The van der Waals surface area contributed by atoms with Crippen LogP contribution in [0.25, 0.3) is 56.1 Å². The molecule has 0 saturated carbocycles. The maximum atomic E-state index is 16.0. The van der Waals surface area contributed by atoms with Gasteiger partial charge in [0.1, 0.15) is 11.4 Å². The molecular formula is C27H22FN9. The Bertz CT molecular complexity index is 1740. The summed E-state index contributed by atoms with van der Waals surface area (Å²) >= 11 is 0. The minimum Gasteiger partial charge on any atom is -0.335 e. The summed E-state index contributed by atoms with van der Waals surface area (Å²) in [5.74, 6) is -0.0613. The Kier molecular flexibility index (Phi) is 5.17. The van der Waals surface area contributed by atoms with Gasteiger partial charge in [-0.15, -0.1) is 0 Å². The molecule has 2 N–H and O–H groups in total. The summed E-state index contributed by atoms with van der Waals surface area (Å²) in [6.45, 7) is 2.96. The number of fused-ring (bicyclic) bond motifs is 2. The molecule has 0 radical (unpaired) electrons. The van der Waals surface area contributed by atoms with Gasteiger partial charge in [-0.25, -0.2) is 14.4 Å². The summed E-state index contributed by atoms with van der Waals surface area (Å²) in [6, 6.07) is 9.55. The van der Waals surface area contributed by atoms with Gasteiger partial charge in [0.2, 0.25) is 0 Å². The van der Waals surface area contributed by atoms with E-state index >= 15 is 4.39 Å². The SMILES string of the molecule is Fc1c(-c2cncc(CN3CCCC3)c2)ncc2[nH]nc(-c3nc4nccc(-c5ccccn5)c4[nH]3)c12. The summed E-state index contributed by atoms with van der Waals surface area (Å²) in [6.07, 6.45) is 10.9. The number of nitrogens with one attached hydrogen (secondary N) is 2. The first-order valence-corrected chi connectivity index (χ1v) is 12.2. The number of likely N-dealkylation sites (tertiary alicyclic amines) is 1. The summed E-state index contributed by atoms with van der Waals surface area (Å²) in [4.78, 5) is 27.9. The highest BCUT2D eigenvalue weighted by atomic mass is 19.1. The number of H-pyrrole nitrogens is 2. The van der Waals surface area contributed by atoms with Crippen LogP contribution in [0.1, 0.15) is 18.4 Å². The van der Waals surface area contributed by atoms with Crippen LogP contribution in [0.15, 0.2) is 61.3 Å². The summed E-state index contributed by atoms with van der Waals surface area (Å²) in [5, 5.41) is 7.58. The maximum Gasteiger partial charge on any atom is 0.178 e. The number of pyridine rings is 4. The van der Waals surface area contributed by atoms with Gasteiger partial charge in [0.25, 0.3) is 0 Å². The van der Waals surface area contributed by atoms with Crippen LogP contribution in [0.4, 0.5) is 4.39 Å². The first-order chi connectivity index (χ1) is 18.2. The summed E-state index contributed by atoms with van der Waals surface area (Å²) in [5.41, 5.74) is 5.60. The van der Waals surface area contributed by atoms with Crippen LogP contribution in [0.5, 0.6) is 0 Å². The molecule has 1 aliphatic heterocycles. The van der Waals surface area contributed by atoms with E-state index in [2.05, 4.69) is 45.0 Å². The molecule has 7 heterocycles. The van der Waals surface area contributed by atoms with Crippen molar-refractivity contribution in [3.05, 3.63) is 72.7 Å². The van der Waals surface area contributed by atoms with E-state index in [9.17, 15) is 0 Å². The molecule has 0 aliphatic carbocycles. The molecule has 7 rings (SSSR count). The predicted octanol–water partition coefficient (Wildman–Crippen LogP) is 4.76. The van der Waals surface area contributed by atoms with Crippen LogP contribution < -0.4 is 0 Å². The van der Waals surface area contributed by atoms with E-state index in [1.54, 1.807) is 24.8 Å². The highest BCUT2D eigenvalue weighted by Crippen LogP contribution is 2.33. The van der Waals surface area contributed by atoms with Crippen molar-refractivity contribution in [2.24, 2.45) is 0 Å². The molecule has 0 spiro atoms. The third kappa shape index (κ3) is 3.82. The largest absolute Gasteiger partial charge is 0.335 e. The topological polar surface area (TPSA) is 112 Å². The van der Waals surface area contributed by atoms with Crippen molar-refractivity contribution in [2.75, 3.05) is 13.1 Å². The smallest absolute Gasteiger partial charge is 0.178 e. The van der Waals surface area contributed by atoms with Crippen molar-refractivity contribution in [2.45, 2.75) is 19.4 Å². The lowest BCUT2D eigenvalue weighted by Gasteiger charge is -2.14. The monoisotopic (exact) mass is 491 g/mol.